The minimum Gasteiger partial charge on any atom is -0.381 e. The van der Waals surface area contributed by atoms with E-state index in [1.165, 1.54) is 0 Å². The summed E-state index contributed by atoms with van der Waals surface area (Å²) in [4.78, 5) is 2.28. The van der Waals surface area contributed by atoms with Gasteiger partial charge in [-0.2, -0.15) is 0 Å². The zero-order valence-electron chi connectivity index (χ0n) is 8.82. The van der Waals surface area contributed by atoms with Crippen molar-refractivity contribution in [2.45, 2.75) is 18.6 Å². The number of likely N-dealkylation sites (N-methyl/N-ethyl adjacent to an activating group) is 1. The van der Waals surface area contributed by atoms with E-state index in [2.05, 4.69) is 11.9 Å². The van der Waals surface area contributed by atoms with Crippen molar-refractivity contribution in [3.63, 3.8) is 0 Å². The van der Waals surface area contributed by atoms with Crippen molar-refractivity contribution in [2.75, 3.05) is 40.0 Å². The summed E-state index contributed by atoms with van der Waals surface area (Å²) < 4.78 is 11.0. The Kier molecular flexibility index (Phi) is 3.38. The highest BCUT2D eigenvalue weighted by molar-refractivity contribution is 4.86. The third kappa shape index (κ3) is 2.25. The number of nitrogens with two attached hydrogens (primary N) is 1. The van der Waals surface area contributed by atoms with Gasteiger partial charge in [0.25, 0.3) is 0 Å². The van der Waals surface area contributed by atoms with Gasteiger partial charge in [-0.15, -0.1) is 0 Å². The molecule has 0 spiro atoms. The molecule has 0 aromatic heterocycles. The van der Waals surface area contributed by atoms with E-state index in [9.17, 15) is 0 Å². The van der Waals surface area contributed by atoms with Gasteiger partial charge < -0.3 is 20.1 Å². The second-order valence-corrected chi connectivity index (χ2v) is 4.37. The molecule has 0 amide bonds. The molecule has 2 heterocycles. The largest absolute Gasteiger partial charge is 0.381 e. The summed E-state index contributed by atoms with van der Waals surface area (Å²) >= 11 is 0. The number of ether oxygens (including phenoxy) is 2. The Morgan fingerprint density at radius 2 is 2.29 bits per heavy atom. The van der Waals surface area contributed by atoms with Crippen LogP contribution in [0.25, 0.3) is 0 Å². The molecule has 0 bridgehead atoms. The second kappa shape index (κ2) is 4.57. The van der Waals surface area contributed by atoms with Crippen molar-refractivity contribution in [2.24, 2.45) is 11.7 Å². The summed E-state index contributed by atoms with van der Waals surface area (Å²) in [7, 11) is 2.12. The van der Waals surface area contributed by atoms with Crippen molar-refractivity contribution < 1.29 is 9.47 Å². The molecule has 4 nitrogen and oxygen atoms in total. The van der Waals surface area contributed by atoms with E-state index in [4.69, 9.17) is 15.2 Å². The fraction of sp³-hybridized carbons (Fsp3) is 1.00. The highest BCUT2D eigenvalue weighted by atomic mass is 16.5. The number of hydrogen-bond donors (Lipinski definition) is 1. The van der Waals surface area contributed by atoms with Crippen molar-refractivity contribution in [3.8, 4) is 0 Å². The lowest BCUT2D eigenvalue weighted by Crippen LogP contribution is -2.52. The summed E-state index contributed by atoms with van der Waals surface area (Å²) in [5.74, 6) is 0.492. The zero-order valence-corrected chi connectivity index (χ0v) is 8.82. The van der Waals surface area contributed by atoms with Crippen LogP contribution in [0.4, 0.5) is 0 Å². The molecular formula is C10H20N2O2. The Balaban J connectivity index is 1.86. The van der Waals surface area contributed by atoms with Crippen LogP contribution in [0.1, 0.15) is 6.42 Å². The number of hydrogen-bond acceptors (Lipinski definition) is 4. The van der Waals surface area contributed by atoms with Gasteiger partial charge in [-0.05, 0) is 13.5 Å². The van der Waals surface area contributed by atoms with Crippen molar-refractivity contribution >= 4 is 0 Å². The van der Waals surface area contributed by atoms with Crippen LogP contribution in [0.2, 0.25) is 0 Å². The summed E-state index contributed by atoms with van der Waals surface area (Å²) in [5.41, 5.74) is 6.18. The first-order chi connectivity index (χ1) is 6.77. The van der Waals surface area contributed by atoms with Crippen molar-refractivity contribution in [1.82, 2.24) is 4.90 Å². The van der Waals surface area contributed by atoms with E-state index in [0.29, 0.717) is 5.92 Å². The van der Waals surface area contributed by atoms with Gasteiger partial charge in [-0.25, -0.2) is 0 Å². The Hall–Kier alpha value is -0.160. The van der Waals surface area contributed by atoms with E-state index in [1.807, 2.05) is 0 Å². The van der Waals surface area contributed by atoms with Crippen molar-refractivity contribution in [3.05, 3.63) is 0 Å². The van der Waals surface area contributed by atoms with Crippen LogP contribution in [-0.2, 0) is 9.47 Å². The molecular weight excluding hydrogens is 180 g/mol. The first-order valence-corrected chi connectivity index (χ1v) is 5.41. The zero-order chi connectivity index (χ0) is 9.97. The summed E-state index contributed by atoms with van der Waals surface area (Å²) in [6, 6.07) is 0.139. The molecule has 82 valence electrons. The van der Waals surface area contributed by atoms with Crippen LogP contribution in [0.3, 0.4) is 0 Å². The summed E-state index contributed by atoms with van der Waals surface area (Å²) in [6.07, 6.45) is 1.28. The van der Waals surface area contributed by atoms with Crippen LogP contribution in [-0.4, -0.2) is 57.0 Å². The highest BCUT2D eigenvalue weighted by Gasteiger charge is 2.32. The van der Waals surface area contributed by atoms with Crippen LogP contribution in [0, 0.1) is 5.92 Å². The van der Waals surface area contributed by atoms with E-state index in [1.54, 1.807) is 0 Å². The molecule has 0 saturated carbocycles. The van der Waals surface area contributed by atoms with Gasteiger partial charge in [0.2, 0.25) is 0 Å². The molecule has 2 N–H and O–H groups in total. The van der Waals surface area contributed by atoms with Gasteiger partial charge in [-0.1, -0.05) is 0 Å². The Bertz CT molecular complexity index is 183. The van der Waals surface area contributed by atoms with Crippen LogP contribution >= 0.6 is 0 Å². The number of nitrogens with zero attached hydrogens (tertiary/aromatic N) is 1. The molecule has 3 atom stereocenters. The summed E-state index contributed by atoms with van der Waals surface area (Å²) in [6.45, 7) is 4.45. The molecule has 14 heavy (non-hydrogen) atoms. The maximum Gasteiger partial charge on any atom is 0.0856 e. The first kappa shape index (κ1) is 10.4. The lowest BCUT2D eigenvalue weighted by Gasteiger charge is -2.35. The van der Waals surface area contributed by atoms with Crippen LogP contribution in [0.15, 0.2) is 0 Å². The molecule has 0 radical (unpaired) electrons. The monoisotopic (exact) mass is 200 g/mol. The quantitative estimate of drug-likeness (QED) is 0.664. The molecule has 2 fully saturated rings. The molecule has 0 aliphatic carbocycles. The van der Waals surface area contributed by atoms with E-state index >= 15 is 0 Å². The average molecular weight is 200 g/mol. The average Bonchev–Trinajstić information content (AvgIpc) is 2.69. The van der Waals surface area contributed by atoms with E-state index in [0.717, 1.165) is 39.3 Å². The fourth-order valence-corrected chi connectivity index (χ4v) is 2.20. The maximum absolute atomic E-state index is 6.18. The van der Waals surface area contributed by atoms with Crippen LogP contribution in [0.5, 0.6) is 0 Å². The molecule has 0 aromatic carbocycles. The molecule has 3 unspecified atom stereocenters. The lowest BCUT2D eigenvalue weighted by atomic mass is 9.94. The van der Waals surface area contributed by atoms with Crippen molar-refractivity contribution in [1.29, 1.82) is 0 Å². The Morgan fingerprint density at radius 1 is 1.43 bits per heavy atom. The molecule has 0 aromatic rings. The second-order valence-electron chi connectivity index (χ2n) is 4.37. The maximum atomic E-state index is 6.18. The minimum absolute atomic E-state index is 0.139. The molecule has 2 rings (SSSR count). The van der Waals surface area contributed by atoms with Gasteiger partial charge in [0.15, 0.2) is 0 Å². The number of rotatable bonds is 2. The topological polar surface area (TPSA) is 47.7 Å². The fourth-order valence-electron chi connectivity index (χ4n) is 2.20. The Morgan fingerprint density at radius 3 is 2.93 bits per heavy atom. The normalized spacial score (nSPS) is 37.3. The van der Waals surface area contributed by atoms with Gasteiger partial charge >= 0.3 is 0 Å². The summed E-state index contributed by atoms with van der Waals surface area (Å²) in [5, 5.41) is 0. The standard InChI is InChI=1S/C10H20N2O2/c1-12-3-5-14-9(6-12)10(11)8-2-4-13-7-8/h8-10H,2-7,11H2,1H3. The highest BCUT2D eigenvalue weighted by Crippen LogP contribution is 2.20. The molecule has 2 aliphatic heterocycles. The lowest BCUT2D eigenvalue weighted by molar-refractivity contribution is -0.0420. The van der Waals surface area contributed by atoms with Crippen LogP contribution < -0.4 is 5.73 Å². The predicted octanol–water partition coefficient (Wildman–Crippen LogP) is -0.319. The first-order valence-electron chi connectivity index (χ1n) is 5.41. The minimum atomic E-state index is 0.139. The van der Waals surface area contributed by atoms with Gasteiger partial charge in [0.1, 0.15) is 0 Å². The molecule has 4 heteroatoms. The molecule has 2 aliphatic rings. The SMILES string of the molecule is CN1CCOC(C(N)C2CCOC2)C1. The predicted molar refractivity (Wildman–Crippen MR) is 54.1 cm³/mol. The van der Waals surface area contributed by atoms with E-state index < -0.39 is 0 Å². The Labute approximate surface area is 85.3 Å². The van der Waals surface area contributed by atoms with Gasteiger partial charge in [0, 0.05) is 31.7 Å². The van der Waals surface area contributed by atoms with Gasteiger partial charge in [0.05, 0.1) is 19.3 Å². The molecule has 2 saturated heterocycles. The third-order valence-corrected chi connectivity index (χ3v) is 3.24. The van der Waals surface area contributed by atoms with Gasteiger partial charge in [-0.3, -0.25) is 0 Å². The third-order valence-electron chi connectivity index (χ3n) is 3.24. The smallest absolute Gasteiger partial charge is 0.0856 e. The van der Waals surface area contributed by atoms with E-state index in [-0.39, 0.29) is 12.1 Å². The number of morpholine rings is 1.